The van der Waals surface area contributed by atoms with Crippen LogP contribution in [0.5, 0.6) is 0 Å². The highest BCUT2D eigenvalue weighted by Gasteiger charge is 2.54. The summed E-state index contributed by atoms with van der Waals surface area (Å²) in [6, 6.07) is 8.09. The van der Waals surface area contributed by atoms with E-state index in [-0.39, 0.29) is 30.0 Å². The first-order valence-electron chi connectivity index (χ1n) is 7.93. The zero-order valence-corrected chi connectivity index (χ0v) is 14.1. The Morgan fingerprint density at radius 3 is 2.36 bits per heavy atom. The van der Waals surface area contributed by atoms with Crippen molar-refractivity contribution in [2.75, 3.05) is 11.4 Å². The molecule has 0 bridgehead atoms. The van der Waals surface area contributed by atoms with Crippen LogP contribution in [0.2, 0.25) is 5.82 Å². The minimum atomic E-state index is -0.338. The number of anilines is 1. The summed E-state index contributed by atoms with van der Waals surface area (Å²) in [6.45, 7) is 10.5. The van der Waals surface area contributed by atoms with Crippen LogP contribution in [-0.2, 0) is 20.5 Å². The summed E-state index contributed by atoms with van der Waals surface area (Å²) in [6.07, 6.45) is 0.872. The standard InChI is InChI=1S/C17H24BNO3/c1-12(20)19-11-14(10-13-8-6-7-9-15(13)19)18-21-16(2,3)17(4,5)22-18/h6-9,14H,10-11H2,1-5H3/t14-/m1/s1. The van der Waals surface area contributed by atoms with Crippen LogP contribution >= 0.6 is 0 Å². The van der Waals surface area contributed by atoms with Crippen molar-refractivity contribution in [1.29, 1.82) is 0 Å². The lowest BCUT2D eigenvalue weighted by molar-refractivity contribution is -0.116. The summed E-state index contributed by atoms with van der Waals surface area (Å²) in [7, 11) is -0.278. The van der Waals surface area contributed by atoms with E-state index >= 15 is 0 Å². The Bertz CT molecular complexity index is 583. The summed E-state index contributed by atoms with van der Waals surface area (Å²) in [5.74, 6) is 0.216. The monoisotopic (exact) mass is 301 g/mol. The lowest BCUT2D eigenvalue weighted by Gasteiger charge is -2.34. The second kappa shape index (κ2) is 5.10. The van der Waals surface area contributed by atoms with Crippen molar-refractivity contribution in [3.05, 3.63) is 29.8 Å². The molecule has 1 aromatic carbocycles. The third kappa shape index (κ3) is 2.46. The van der Waals surface area contributed by atoms with Crippen LogP contribution in [0.3, 0.4) is 0 Å². The molecule has 0 saturated carbocycles. The third-order valence-corrected chi connectivity index (χ3v) is 5.22. The molecule has 4 nitrogen and oxygen atoms in total. The molecule has 1 atom stereocenters. The molecule has 1 aromatic rings. The molecule has 0 N–H and O–H groups in total. The number of hydrogen-bond acceptors (Lipinski definition) is 3. The molecule has 2 heterocycles. The largest absolute Gasteiger partial charge is 0.463 e. The molecule has 118 valence electrons. The van der Waals surface area contributed by atoms with E-state index in [1.165, 1.54) is 5.56 Å². The molecule has 5 heteroatoms. The first-order chi connectivity index (χ1) is 10.2. The van der Waals surface area contributed by atoms with E-state index in [2.05, 4.69) is 33.8 Å². The maximum Gasteiger partial charge on any atom is 0.463 e. The van der Waals surface area contributed by atoms with Gasteiger partial charge >= 0.3 is 7.12 Å². The van der Waals surface area contributed by atoms with Gasteiger partial charge in [0.15, 0.2) is 0 Å². The van der Waals surface area contributed by atoms with E-state index in [0.717, 1.165) is 12.1 Å². The van der Waals surface area contributed by atoms with E-state index in [9.17, 15) is 4.79 Å². The van der Waals surface area contributed by atoms with Crippen LogP contribution in [0.1, 0.15) is 40.2 Å². The number of para-hydroxylation sites is 1. The van der Waals surface area contributed by atoms with Crippen molar-refractivity contribution in [2.24, 2.45) is 0 Å². The highest BCUT2D eigenvalue weighted by atomic mass is 16.7. The molecule has 2 aliphatic rings. The minimum absolute atomic E-state index is 0.0636. The van der Waals surface area contributed by atoms with Crippen molar-refractivity contribution in [1.82, 2.24) is 0 Å². The average Bonchev–Trinajstić information content (AvgIpc) is 2.66. The Kier molecular flexibility index (Phi) is 3.61. The number of rotatable bonds is 1. The van der Waals surface area contributed by atoms with Crippen LogP contribution in [0.4, 0.5) is 5.69 Å². The van der Waals surface area contributed by atoms with Gasteiger partial charge in [0.1, 0.15) is 0 Å². The van der Waals surface area contributed by atoms with Gasteiger partial charge in [-0.1, -0.05) is 18.2 Å². The normalized spacial score (nSPS) is 26.0. The maximum absolute atomic E-state index is 12.0. The van der Waals surface area contributed by atoms with Gasteiger partial charge in [0.05, 0.1) is 11.2 Å². The Labute approximate surface area is 132 Å². The average molecular weight is 301 g/mol. The van der Waals surface area contributed by atoms with Gasteiger partial charge in [-0.2, -0.15) is 0 Å². The molecule has 1 saturated heterocycles. The molecule has 1 amide bonds. The predicted molar refractivity (Wildman–Crippen MR) is 88.0 cm³/mol. The number of carbonyl (C=O) groups is 1. The zero-order valence-electron chi connectivity index (χ0n) is 14.1. The van der Waals surface area contributed by atoms with Gasteiger partial charge in [-0.25, -0.2) is 0 Å². The van der Waals surface area contributed by atoms with Crippen molar-refractivity contribution >= 4 is 18.7 Å². The summed E-state index contributed by atoms with van der Waals surface area (Å²) in [5, 5.41) is 0. The fourth-order valence-electron chi connectivity index (χ4n) is 3.19. The molecule has 22 heavy (non-hydrogen) atoms. The van der Waals surface area contributed by atoms with E-state index < -0.39 is 0 Å². The summed E-state index contributed by atoms with van der Waals surface area (Å²) >= 11 is 0. The highest BCUT2D eigenvalue weighted by molar-refractivity contribution is 6.48. The van der Waals surface area contributed by atoms with E-state index in [4.69, 9.17) is 9.31 Å². The Morgan fingerprint density at radius 2 is 1.77 bits per heavy atom. The van der Waals surface area contributed by atoms with Gasteiger partial charge in [0.25, 0.3) is 0 Å². The van der Waals surface area contributed by atoms with E-state index in [1.807, 2.05) is 23.1 Å². The van der Waals surface area contributed by atoms with Crippen LogP contribution < -0.4 is 4.90 Å². The Hall–Kier alpha value is -1.33. The fourth-order valence-corrected chi connectivity index (χ4v) is 3.19. The molecule has 0 aliphatic carbocycles. The molecule has 0 unspecified atom stereocenters. The van der Waals surface area contributed by atoms with Gasteiger partial charge in [0.2, 0.25) is 5.91 Å². The van der Waals surface area contributed by atoms with Crippen LogP contribution in [0.25, 0.3) is 0 Å². The highest BCUT2D eigenvalue weighted by Crippen LogP contribution is 2.43. The van der Waals surface area contributed by atoms with Gasteiger partial charge < -0.3 is 14.2 Å². The number of hydrogen-bond donors (Lipinski definition) is 0. The van der Waals surface area contributed by atoms with Gasteiger partial charge in [-0.15, -0.1) is 0 Å². The number of amides is 1. The molecule has 0 spiro atoms. The fraction of sp³-hybridized carbons (Fsp3) is 0.588. The molecule has 3 rings (SSSR count). The zero-order chi connectivity index (χ0) is 16.1. The summed E-state index contributed by atoms with van der Waals surface area (Å²) < 4.78 is 12.4. The number of benzene rings is 1. The van der Waals surface area contributed by atoms with Gasteiger partial charge in [-0.05, 0) is 45.7 Å². The molecular formula is C17H24BNO3. The van der Waals surface area contributed by atoms with Gasteiger partial charge in [0, 0.05) is 25.0 Å². The Morgan fingerprint density at radius 1 is 1.18 bits per heavy atom. The SMILES string of the molecule is CC(=O)N1C[C@H](B2OC(C)(C)C(C)(C)O2)Cc2ccccc21. The van der Waals surface area contributed by atoms with E-state index in [1.54, 1.807) is 6.92 Å². The number of fused-ring (bicyclic) bond motifs is 1. The topological polar surface area (TPSA) is 38.8 Å². The lowest BCUT2D eigenvalue weighted by atomic mass is 9.66. The number of carbonyl (C=O) groups excluding carboxylic acids is 1. The second-order valence-electron chi connectivity index (χ2n) is 7.35. The Balaban J connectivity index is 1.88. The van der Waals surface area contributed by atoms with E-state index in [0.29, 0.717) is 6.54 Å². The first kappa shape index (κ1) is 15.6. The van der Waals surface area contributed by atoms with Crippen LogP contribution in [-0.4, -0.2) is 30.8 Å². The quantitative estimate of drug-likeness (QED) is 0.748. The number of nitrogens with zero attached hydrogens (tertiary/aromatic N) is 1. The predicted octanol–water partition coefficient (Wildman–Crippen LogP) is 3.06. The smallest absolute Gasteiger partial charge is 0.403 e. The summed E-state index contributed by atoms with van der Waals surface area (Å²) in [4.78, 5) is 13.9. The molecular weight excluding hydrogens is 277 g/mol. The summed E-state index contributed by atoms with van der Waals surface area (Å²) in [5.41, 5.74) is 1.53. The lowest BCUT2D eigenvalue weighted by Crippen LogP contribution is -2.42. The van der Waals surface area contributed by atoms with Crippen molar-refractivity contribution in [2.45, 2.75) is 58.1 Å². The molecule has 0 aromatic heterocycles. The third-order valence-electron chi connectivity index (χ3n) is 5.22. The van der Waals surface area contributed by atoms with Crippen molar-refractivity contribution < 1.29 is 14.1 Å². The molecule has 1 fully saturated rings. The first-order valence-corrected chi connectivity index (χ1v) is 7.93. The second-order valence-corrected chi connectivity index (χ2v) is 7.35. The van der Waals surface area contributed by atoms with Crippen LogP contribution in [0, 0.1) is 0 Å². The van der Waals surface area contributed by atoms with Crippen molar-refractivity contribution in [3.63, 3.8) is 0 Å². The molecule has 0 radical (unpaired) electrons. The molecule has 2 aliphatic heterocycles. The maximum atomic E-state index is 12.0. The van der Waals surface area contributed by atoms with Gasteiger partial charge in [-0.3, -0.25) is 4.79 Å². The minimum Gasteiger partial charge on any atom is -0.403 e. The van der Waals surface area contributed by atoms with Crippen LogP contribution in [0.15, 0.2) is 24.3 Å². The van der Waals surface area contributed by atoms with Crippen molar-refractivity contribution in [3.8, 4) is 0 Å².